The van der Waals surface area contributed by atoms with Gasteiger partial charge in [-0.1, -0.05) is 63.2 Å². The van der Waals surface area contributed by atoms with Crippen molar-refractivity contribution in [3.63, 3.8) is 0 Å². The highest BCUT2D eigenvalue weighted by atomic mass is 19.1. The Balaban J connectivity index is 1.43. The molecule has 3 heterocycles. The maximum absolute atomic E-state index is 15.1. The van der Waals surface area contributed by atoms with E-state index >= 15 is 4.39 Å². The van der Waals surface area contributed by atoms with E-state index in [0.29, 0.717) is 32.1 Å². The summed E-state index contributed by atoms with van der Waals surface area (Å²) in [5, 5.41) is 4.65. The SMILES string of the molecule is CC(C)(C)C(c1nc(-c2cc(F)ccc2F)nn1Cc1ccccc1)N(CC[C@@H](CF)N1C(=O)c2ccccc2C1=O)C(=O)N1CCOCC1. The number of morpholine rings is 1. The van der Waals surface area contributed by atoms with Gasteiger partial charge in [0, 0.05) is 19.6 Å². The van der Waals surface area contributed by atoms with Crippen LogP contribution in [0.2, 0.25) is 0 Å². The standard InChI is InChI=1S/C37H39F3N6O4/c1-37(2,3)31(33-41-32(29-21-25(39)13-14-30(29)40)42-45(33)23-24-9-5-4-6-10-24)44(36(49)43-17-19-50-20-18-43)16-15-26(22-38)46-34(47)27-11-7-8-12-28(27)35(46)48/h4-14,21,26,31H,15-20,22-23H2,1-3H3/t26-,31?/m0/s1. The van der Waals surface area contributed by atoms with E-state index in [1.807, 2.05) is 51.1 Å². The second kappa shape index (κ2) is 14.4. The Morgan fingerprint density at radius 3 is 2.18 bits per heavy atom. The van der Waals surface area contributed by atoms with Gasteiger partial charge in [0.2, 0.25) is 0 Å². The van der Waals surface area contributed by atoms with Crippen LogP contribution in [0.25, 0.3) is 11.4 Å². The summed E-state index contributed by atoms with van der Waals surface area (Å²) in [6.45, 7) is 6.15. The van der Waals surface area contributed by atoms with E-state index in [2.05, 4.69) is 5.10 Å². The largest absolute Gasteiger partial charge is 0.378 e. The van der Waals surface area contributed by atoms with Gasteiger partial charge < -0.3 is 14.5 Å². The van der Waals surface area contributed by atoms with Gasteiger partial charge in [-0.2, -0.15) is 5.10 Å². The van der Waals surface area contributed by atoms with Crippen molar-refractivity contribution in [1.29, 1.82) is 0 Å². The first-order valence-electron chi connectivity index (χ1n) is 16.6. The van der Waals surface area contributed by atoms with Gasteiger partial charge in [0.15, 0.2) is 11.6 Å². The number of imide groups is 1. The Hall–Kier alpha value is -5.04. The van der Waals surface area contributed by atoms with Crippen LogP contribution in [0.4, 0.5) is 18.0 Å². The number of halogens is 3. The molecule has 0 radical (unpaired) electrons. The fourth-order valence-corrected chi connectivity index (χ4v) is 6.58. The van der Waals surface area contributed by atoms with E-state index in [4.69, 9.17) is 9.72 Å². The number of ether oxygens (including phenoxy) is 1. The number of fused-ring (bicyclic) bond motifs is 1. The Morgan fingerprint density at radius 2 is 1.56 bits per heavy atom. The molecule has 262 valence electrons. The van der Waals surface area contributed by atoms with Gasteiger partial charge in [-0.15, -0.1) is 0 Å². The molecule has 4 aromatic rings. The number of carbonyl (C=O) groups is 3. The highest BCUT2D eigenvalue weighted by Gasteiger charge is 2.43. The molecule has 10 nitrogen and oxygen atoms in total. The summed E-state index contributed by atoms with van der Waals surface area (Å²) in [7, 11) is 0. The predicted octanol–water partition coefficient (Wildman–Crippen LogP) is 6.14. The molecular weight excluding hydrogens is 649 g/mol. The average molecular weight is 689 g/mol. The van der Waals surface area contributed by atoms with Gasteiger partial charge in [0.05, 0.1) is 48.5 Å². The Kier molecular flexibility index (Phi) is 10.1. The van der Waals surface area contributed by atoms with Crippen molar-refractivity contribution in [3.8, 4) is 11.4 Å². The molecule has 3 aromatic carbocycles. The maximum atomic E-state index is 15.1. The summed E-state index contributed by atoms with van der Waals surface area (Å²) in [6.07, 6.45) is -0.0666. The number of hydrogen-bond donors (Lipinski definition) is 0. The van der Waals surface area contributed by atoms with E-state index in [1.165, 1.54) is 12.1 Å². The van der Waals surface area contributed by atoms with E-state index < -0.39 is 47.6 Å². The molecule has 50 heavy (non-hydrogen) atoms. The zero-order valence-corrected chi connectivity index (χ0v) is 28.2. The summed E-state index contributed by atoms with van der Waals surface area (Å²) in [5.74, 6) is -2.31. The lowest BCUT2D eigenvalue weighted by Gasteiger charge is -2.43. The number of rotatable bonds is 10. The van der Waals surface area contributed by atoms with Gasteiger partial charge in [-0.05, 0) is 47.7 Å². The number of urea groups is 1. The molecule has 4 amide bonds. The topological polar surface area (TPSA) is 101 Å². The lowest BCUT2D eigenvalue weighted by atomic mass is 9.84. The van der Waals surface area contributed by atoms with Crippen LogP contribution >= 0.6 is 0 Å². The molecule has 1 fully saturated rings. The summed E-state index contributed by atoms with van der Waals surface area (Å²) in [4.78, 5) is 50.1. The third-order valence-corrected chi connectivity index (χ3v) is 9.02. The Labute approximate surface area is 288 Å². The molecule has 0 aliphatic carbocycles. The second-order valence-corrected chi connectivity index (χ2v) is 13.5. The Morgan fingerprint density at radius 1 is 0.920 bits per heavy atom. The van der Waals surface area contributed by atoms with Gasteiger partial charge in [0.1, 0.15) is 18.3 Å². The minimum atomic E-state index is -1.15. The van der Waals surface area contributed by atoms with Crippen molar-refractivity contribution >= 4 is 17.8 Å². The van der Waals surface area contributed by atoms with E-state index in [9.17, 15) is 23.2 Å². The first kappa shape index (κ1) is 34.8. The van der Waals surface area contributed by atoms with Gasteiger partial charge in [-0.3, -0.25) is 14.5 Å². The van der Waals surface area contributed by atoms with Crippen LogP contribution in [0.1, 0.15) is 65.3 Å². The number of nitrogens with zero attached hydrogens (tertiary/aromatic N) is 6. The second-order valence-electron chi connectivity index (χ2n) is 13.5. The molecule has 0 N–H and O–H groups in total. The molecule has 0 saturated carbocycles. The number of aromatic nitrogens is 3. The summed E-state index contributed by atoms with van der Waals surface area (Å²) >= 11 is 0. The van der Waals surface area contributed by atoms with Crippen molar-refractivity contribution in [2.24, 2.45) is 5.41 Å². The van der Waals surface area contributed by atoms with Crippen molar-refractivity contribution in [2.45, 2.75) is 45.8 Å². The molecule has 2 aliphatic heterocycles. The third-order valence-electron chi connectivity index (χ3n) is 9.02. The highest BCUT2D eigenvalue weighted by Crippen LogP contribution is 2.40. The molecule has 0 spiro atoms. The van der Waals surface area contributed by atoms with E-state index in [-0.39, 0.29) is 48.1 Å². The average Bonchev–Trinajstić information content (AvgIpc) is 3.62. The highest BCUT2D eigenvalue weighted by molar-refractivity contribution is 6.21. The summed E-state index contributed by atoms with van der Waals surface area (Å²) in [5.41, 5.74) is 0.389. The van der Waals surface area contributed by atoms with Gasteiger partial charge in [0.25, 0.3) is 11.8 Å². The first-order chi connectivity index (χ1) is 24.0. The fourth-order valence-electron chi connectivity index (χ4n) is 6.58. The molecule has 2 atom stereocenters. The smallest absolute Gasteiger partial charge is 0.320 e. The number of alkyl halides is 1. The number of amides is 4. The molecule has 1 unspecified atom stereocenters. The monoisotopic (exact) mass is 688 g/mol. The molecule has 0 bridgehead atoms. The van der Waals surface area contributed by atoms with Crippen molar-refractivity contribution in [3.05, 3.63) is 107 Å². The molecule has 2 aliphatic rings. The van der Waals surface area contributed by atoms with Gasteiger partial charge >= 0.3 is 6.03 Å². The number of carbonyl (C=O) groups excluding carboxylic acids is 3. The van der Waals surface area contributed by atoms with Crippen molar-refractivity contribution in [1.82, 2.24) is 29.5 Å². The van der Waals surface area contributed by atoms with Gasteiger partial charge in [-0.25, -0.2) is 27.6 Å². The van der Waals surface area contributed by atoms with Crippen molar-refractivity contribution < 1.29 is 32.3 Å². The Bertz CT molecular complexity index is 1840. The summed E-state index contributed by atoms with van der Waals surface area (Å²) in [6, 6.07) is 16.4. The van der Waals surface area contributed by atoms with Crippen LogP contribution in [0, 0.1) is 17.0 Å². The van der Waals surface area contributed by atoms with Crippen LogP contribution in [0.5, 0.6) is 0 Å². The van der Waals surface area contributed by atoms with Crippen LogP contribution in [0.15, 0.2) is 72.8 Å². The van der Waals surface area contributed by atoms with E-state index in [1.54, 1.807) is 26.6 Å². The van der Waals surface area contributed by atoms with Crippen LogP contribution in [-0.2, 0) is 11.3 Å². The minimum absolute atomic E-state index is 0.0615. The normalized spacial score (nSPS) is 16.0. The van der Waals surface area contributed by atoms with E-state index in [0.717, 1.165) is 28.7 Å². The molecule has 1 saturated heterocycles. The molecule has 6 rings (SSSR count). The lowest BCUT2D eigenvalue weighted by molar-refractivity contribution is 0.0252. The number of benzene rings is 3. The fraction of sp³-hybridized carbons (Fsp3) is 0.378. The summed E-state index contributed by atoms with van der Waals surface area (Å²) < 4.78 is 51.4. The zero-order chi connectivity index (χ0) is 35.6. The molecule has 13 heteroatoms. The minimum Gasteiger partial charge on any atom is -0.378 e. The van der Waals surface area contributed by atoms with Crippen molar-refractivity contribution in [2.75, 3.05) is 39.5 Å². The van der Waals surface area contributed by atoms with Crippen LogP contribution < -0.4 is 0 Å². The van der Waals surface area contributed by atoms with Crippen LogP contribution in [0.3, 0.4) is 0 Å². The third kappa shape index (κ3) is 7.00. The first-order valence-corrected chi connectivity index (χ1v) is 16.6. The lowest BCUT2D eigenvalue weighted by Crippen LogP contribution is -2.53. The predicted molar refractivity (Wildman–Crippen MR) is 179 cm³/mol. The quantitative estimate of drug-likeness (QED) is 0.186. The number of hydrogen-bond acceptors (Lipinski definition) is 6. The maximum Gasteiger partial charge on any atom is 0.320 e. The van der Waals surface area contributed by atoms with Crippen LogP contribution in [-0.4, -0.2) is 92.9 Å². The molecular formula is C37H39F3N6O4. The zero-order valence-electron chi connectivity index (χ0n) is 28.2. The molecule has 1 aromatic heterocycles.